The zero-order valence-electron chi connectivity index (χ0n) is 8.79. The maximum atomic E-state index is 11.2. The summed E-state index contributed by atoms with van der Waals surface area (Å²) in [6.45, 7) is 2.87. The Bertz CT molecular complexity index is 371. The van der Waals surface area contributed by atoms with Crippen molar-refractivity contribution in [3.63, 3.8) is 0 Å². The second-order valence-electron chi connectivity index (χ2n) is 3.57. The van der Waals surface area contributed by atoms with Gasteiger partial charge in [0.25, 0.3) is 0 Å². The lowest BCUT2D eigenvalue weighted by atomic mass is 9.93. The van der Waals surface area contributed by atoms with Gasteiger partial charge in [0.15, 0.2) is 0 Å². The number of ketones is 2. The summed E-state index contributed by atoms with van der Waals surface area (Å²) in [5.41, 5.74) is 0.842. The van der Waals surface area contributed by atoms with E-state index in [4.69, 9.17) is 11.6 Å². The van der Waals surface area contributed by atoms with E-state index >= 15 is 0 Å². The average Bonchev–Trinajstić information content (AvgIpc) is 2.15. The predicted molar refractivity (Wildman–Crippen MR) is 60.0 cm³/mol. The Labute approximate surface area is 94.2 Å². The van der Waals surface area contributed by atoms with Crippen LogP contribution < -0.4 is 0 Å². The van der Waals surface area contributed by atoms with Gasteiger partial charge in [0.2, 0.25) is 0 Å². The lowest BCUT2D eigenvalue weighted by Gasteiger charge is -2.10. The van der Waals surface area contributed by atoms with E-state index in [-0.39, 0.29) is 11.6 Å². The number of carbonyl (C=O) groups is 2. The van der Waals surface area contributed by atoms with Crippen molar-refractivity contribution in [2.75, 3.05) is 0 Å². The first kappa shape index (κ1) is 11.9. The Hall–Kier alpha value is -1.15. The number of Topliss-reactive ketones (excluding diaryl/α,β-unsaturated/α-hetero) is 2. The van der Waals surface area contributed by atoms with Gasteiger partial charge in [0.05, 0.1) is 5.92 Å². The van der Waals surface area contributed by atoms with Gasteiger partial charge in [-0.3, -0.25) is 9.59 Å². The number of hydrogen-bond acceptors (Lipinski definition) is 2. The average molecular weight is 225 g/mol. The van der Waals surface area contributed by atoms with Gasteiger partial charge < -0.3 is 0 Å². The molecule has 1 aromatic carbocycles. The minimum Gasteiger partial charge on any atom is -0.299 e. The molecule has 1 rings (SSSR count). The van der Waals surface area contributed by atoms with Gasteiger partial charge in [0, 0.05) is 5.02 Å². The first-order valence-corrected chi connectivity index (χ1v) is 5.14. The summed E-state index contributed by atoms with van der Waals surface area (Å²) in [4.78, 5) is 22.5. The molecule has 1 aromatic rings. The molecule has 0 heterocycles. The highest BCUT2D eigenvalue weighted by molar-refractivity contribution is 6.31. The zero-order chi connectivity index (χ0) is 11.4. The van der Waals surface area contributed by atoms with Crippen LogP contribution in [-0.2, 0) is 16.0 Å². The number of hydrogen-bond donors (Lipinski definition) is 0. The molecule has 0 saturated carbocycles. The quantitative estimate of drug-likeness (QED) is 0.737. The van der Waals surface area contributed by atoms with Crippen LogP contribution in [0.15, 0.2) is 24.3 Å². The van der Waals surface area contributed by atoms with E-state index in [1.54, 1.807) is 6.07 Å². The molecule has 0 N–H and O–H groups in total. The third-order valence-electron chi connectivity index (χ3n) is 2.36. The van der Waals surface area contributed by atoms with Crippen LogP contribution in [0.3, 0.4) is 0 Å². The van der Waals surface area contributed by atoms with Crippen LogP contribution in [0.25, 0.3) is 0 Å². The Morgan fingerprint density at radius 3 is 2.20 bits per heavy atom. The minimum atomic E-state index is -0.565. The summed E-state index contributed by atoms with van der Waals surface area (Å²) in [5.74, 6) is -0.783. The molecule has 0 unspecified atom stereocenters. The lowest BCUT2D eigenvalue weighted by Crippen LogP contribution is -2.21. The largest absolute Gasteiger partial charge is 0.299 e. The molecule has 0 radical (unpaired) electrons. The number of benzene rings is 1. The summed E-state index contributed by atoms with van der Waals surface area (Å²) < 4.78 is 0. The lowest BCUT2D eigenvalue weighted by molar-refractivity contribution is -0.130. The molecule has 0 aliphatic rings. The van der Waals surface area contributed by atoms with Gasteiger partial charge in [-0.15, -0.1) is 0 Å². The third-order valence-corrected chi connectivity index (χ3v) is 2.73. The molecule has 0 aromatic heterocycles. The van der Waals surface area contributed by atoms with Crippen LogP contribution >= 0.6 is 11.6 Å². The van der Waals surface area contributed by atoms with E-state index in [9.17, 15) is 9.59 Å². The third kappa shape index (κ3) is 3.17. The summed E-state index contributed by atoms with van der Waals surface area (Å²) in [5, 5.41) is 0.602. The molecule has 80 valence electrons. The highest BCUT2D eigenvalue weighted by Gasteiger charge is 2.20. The Morgan fingerprint density at radius 1 is 1.20 bits per heavy atom. The Balaban J connectivity index is 2.88. The summed E-state index contributed by atoms with van der Waals surface area (Å²) >= 11 is 5.96. The van der Waals surface area contributed by atoms with Gasteiger partial charge >= 0.3 is 0 Å². The smallest absolute Gasteiger partial charge is 0.140 e. The van der Waals surface area contributed by atoms with Crippen LogP contribution in [0.2, 0.25) is 5.02 Å². The maximum Gasteiger partial charge on any atom is 0.140 e. The SMILES string of the molecule is CC(=O)C(Cc1ccccc1Cl)C(C)=O. The van der Waals surface area contributed by atoms with Crippen molar-refractivity contribution < 1.29 is 9.59 Å². The zero-order valence-corrected chi connectivity index (χ0v) is 9.54. The monoisotopic (exact) mass is 224 g/mol. The van der Waals surface area contributed by atoms with Crippen LogP contribution in [0, 0.1) is 5.92 Å². The normalized spacial score (nSPS) is 10.4. The van der Waals surface area contributed by atoms with Crippen molar-refractivity contribution in [2.24, 2.45) is 5.92 Å². The summed E-state index contributed by atoms with van der Waals surface area (Å²) in [7, 11) is 0. The van der Waals surface area contributed by atoms with Crippen molar-refractivity contribution in [3.05, 3.63) is 34.9 Å². The first-order chi connectivity index (χ1) is 7.02. The minimum absolute atomic E-state index is 0.109. The molecule has 15 heavy (non-hydrogen) atoms. The van der Waals surface area contributed by atoms with Crippen molar-refractivity contribution in [1.82, 2.24) is 0 Å². The summed E-state index contributed by atoms with van der Waals surface area (Å²) in [6.07, 6.45) is 0.393. The number of halogens is 1. The van der Waals surface area contributed by atoms with Crippen molar-refractivity contribution in [1.29, 1.82) is 0 Å². The molecule has 2 nitrogen and oxygen atoms in total. The fourth-order valence-corrected chi connectivity index (χ4v) is 1.67. The van der Waals surface area contributed by atoms with Gasteiger partial charge in [0.1, 0.15) is 11.6 Å². The van der Waals surface area contributed by atoms with Gasteiger partial charge in [-0.05, 0) is 31.9 Å². The molecular weight excluding hydrogens is 212 g/mol. The predicted octanol–water partition coefficient (Wildman–Crippen LogP) is 2.68. The van der Waals surface area contributed by atoms with Crippen LogP contribution in [0.5, 0.6) is 0 Å². The van der Waals surface area contributed by atoms with E-state index < -0.39 is 5.92 Å². The summed E-state index contributed by atoms with van der Waals surface area (Å²) in [6, 6.07) is 7.26. The van der Waals surface area contributed by atoms with E-state index in [2.05, 4.69) is 0 Å². The van der Waals surface area contributed by atoms with Crippen LogP contribution in [0.4, 0.5) is 0 Å². The van der Waals surface area contributed by atoms with Crippen molar-refractivity contribution in [3.8, 4) is 0 Å². The molecule has 0 fully saturated rings. The first-order valence-electron chi connectivity index (χ1n) is 4.76. The standard InChI is InChI=1S/C12H13ClO2/c1-8(14)11(9(2)15)7-10-5-3-4-6-12(10)13/h3-6,11H,7H2,1-2H3. The molecule has 0 bridgehead atoms. The van der Waals surface area contributed by atoms with Gasteiger partial charge in [-0.2, -0.15) is 0 Å². The van der Waals surface area contributed by atoms with E-state index in [0.29, 0.717) is 11.4 Å². The second kappa shape index (κ2) is 5.08. The number of carbonyl (C=O) groups excluding carboxylic acids is 2. The van der Waals surface area contributed by atoms with E-state index in [1.165, 1.54) is 13.8 Å². The maximum absolute atomic E-state index is 11.2. The van der Waals surface area contributed by atoms with E-state index in [0.717, 1.165) is 5.56 Å². The molecule has 0 aliphatic carbocycles. The van der Waals surface area contributed by atoms with Gasteiger partial charge in [-0.25, -0.2) is 0 Å². The van der Waals surface area contributed by atoms with Crippen molar-refractivity contribution in [2.45, 2.75) is 20.3 Å². The molecule has 0 spiro atoms. The molecule has 0 amide bonds. The van der Waals surface area contributed by atoms with Gasteiger partial charge in [-0.1, -0.05) is 29.8 Å². The molecule has 0 atom stereocenters. The van der Waals surface area contributed by atoms with E-state index in [1.807, 2.05) is 18.2 Å². The fourth-order valence-electron chi connectivity index (χ4n) is 1.46. The highest BCUT2D eigenvalue weighted by Crippen LogP contribution is 2.19. The number of rotatable bonds is 4. The molecule has 0 aliphatic heterocycles. The second-order valence-corrected chi connectivity index (χ2v) is 3.98. The molecular formula is C12H13ClO2. The highest BCUT2D eigenvalue weighted by atomic mass is 35.5. The fraction of sp³-hybridized carbons (Fsp3) is 0.333. The Kier molecular flexibility index (Phi) is 4.04. The van der Waals surface area contributed by atoms with Crippen molar-refractivity contribution >= 4 is 23.2 Å². The van der Waals surface area contributed by atoms with Crippen LogP contribution in [-0.4, -0.2) is 11.6 Å². The molecule has 3 heteroatoms. The topological polar surface area (TPSA) is 34.1 Å². The molecule has 0 saturated heterocycles. The van der Waals surface area contributed by atoms with Crippen LogP contribution in [0.1, 0.15) is 19.4 Å². The Morgan fingerprint density at radius 2 is 1.73 bits per heavy atom.